The van der Waals surface area contributed by atoms with Crippen LogP contribution in [0.1, 0.15) is 22.5 Å². The molecule has 0 spiro atoms. The second-order valence-electron chi connectivity index (χ2n) is 6.71. The molecule has 1 aromatic carbocycles. The molecule has 0 aliphatic carbocycles. The van der Waals surface area contributed by atoms with Crippen LogP contribution in [0.3, 0.4) is 0 Å². The number of nitrogens with one attached hydrogen (secondary N) is 1. The predicted octanol–water partition coefficient (Wildman–Crippen LogP) is 0.780. The highest BCUT2D eigenvalue weighted by Crippen LogP contribution is 2.26. The van der Waals surface area contributed by atoms with E-state index in [1.165, 1.54) is 4.57 Å². The lowest BCUT2D eigenvalue weighted by molar-refractivity contribution is 0.0944. The lowest BCUT2D eigenvalue weighted by Gasteiger charge is -2.16. The Hall–Kier alpha value is -2.74. The number of hydrogen-bond acceptors (Lipinski definition) is 6. The molecule has 138 valence electrons. The molecular formula is C18H24N6O2. The summed E-state index contributed by atoms with van der Waals surface area (Å²) >= 11 is 0. The Morgan fingerprint density at radius 2 is 1.92 bits per heavy atom. The molecule has 0 unspecified atom stereocenters. The largest absolute Gasteiger partial charge is 0.350 e. The van der Waals surface area contributed by atoms with E-state index in [1.807, 2.05) is 55.1 Å². The molecule has 2 heterocycles. The van der Waals surface area contributed by atoms with Crippen molar-refractivity contribution in [3.05, 3.63) is 45.9 Å². The summed E-state index contributed by atoms with van der Waals surface area (Å²) in [5, 5.41) is 10.8. The van der Waals surface area contributed by atoms with Crippen molar-refractivity contribution in [3.8, 4) is 0 Å². The molecule has 8 nitrogen and oxygen atoms in total. The molecule has 26 heavy (non-hydrogen) atoms. The van der Waals surface area contributed by atoms with Crippen LogP contribution in [0.5, 0.6) is 0 Å². The summed E-state index contributed by atoms with van der Waals surface area (Å²) in [5.74, 6) is 0.00773. The second-order valence-corrected chi connectivity index (χ2v) is 6.71. The Morgan fingerprint density at radius 1 is 1.19 bits per heavy atom. The highest BCUT2D eigenvalue weighted by atomic mass is 16.2. The van der Waals surface area contributed by atoms with Gasteiger partial charge in [-0.15, -0.1) is 10.2 Å². The van der Waals surface area contributed by atoms with E-state index >= 15 is 0 Å². The van der Waals surface area contributed by atoms with Gasteiger partial charge in [0.1, 0.15) is 0 Å². The minimum Gasteiger partial charge on any atom is -0.350 e. The average molecular weight is 356 g/mol. The Kier molecular flexibility index (Phi) is 5.32. The van der Waals surface area contributed by atoms with E-state index in [2.05, 4.69) is 15.5 Å². The maximum Gasteiger partial charge on any atom is 0.286 e. The van der Waals surface area contributed by atoms with Crippen LogP contribution >= 0.6 is 0 Å². The van der Waals surface area contributed by atoms with Crippen LogP contribution in [0.2, 0.25) is 0 Å². The number of hydrogen-bond donors (Lipinski definition) is 1. The second kappa shape index (κ2) is 7.65. The van der Waals surface area contributed by atoms with Gasteiger partial charge in [0.2, 0.25) is 11.6 Å². The highest BCUT2D eigenvalue weighted by molar-refractivity contribution is 5.91. The molecule has 0 fully saturated rings. The third-order valence-corrected chi connectivity index (χ3v) is 4.35. The fourth-order valence-electron chi connectivity index (χ4n) is 2.90. The molecule has 1 aliphatic rings. The molecule has 0 atom stereocenters. The van der Waals surface area contributed by atoms with Crippen LogP contribution in [0.25, 0.3) is 0 Å². The molecule has 1 aliphatic heterocycles. The molecule has 0 bridgehead atoms. The number of aromatic nitrogens is 3. The molecular weight excluding hydrogens is 332 g/mol. The molecule has 1 aromatic heterocycles. The van der Waals surface area contributed by atoms with Gasteiger partial charge in [0.05, 0.1) is 0 Å². The van der Waals surface area contributed by atoms with Gasteiger partial charge in [-0.2, -0.15) is 0 Å². The maximum atomic E-state index is 12.6. The van der Waals surface area contributed by atoms with Crippen LogP contribution in [0.15, 0.2) is 29.1 Å². The van der Waals surface area contributed by atoms with Gasteiger partial charge in [-0.05, 0) is 46.1 Å². The number of fused-ring (bicyclic) bond motifs is 1. The lowest BCUT2D eigenvalue weighted by atomic mass is 10.2. The minimum absolute atomic E-state index is 0.149. The first-order valence-corrected chi connectivity index (χ1v) is 8.72. The third kappa shape index (κ3) is 3.75. The molecule has 2 aromatic rings. The number of carbonyl (C=O) groups is 1. The molecule has 3 rings (SSSR count). The molecule has 0 radical (unpaired) electrons. The molecule has 8 heteroatoms. The van der Waals surface area contributed by atoms with Crippen molar-refractivity contribution in [2.45, 2.75) is 19.9 Å². The van der Waals surface area contributed by atoms with Crippen molar-refractivity contribution in [2.75, 3.05) is 38.6 Å². The Bertz CT molecular complexity index is 844. The number of benzene rings is 1. The highest BCUT2D eigenvalue weighted by Gasteiger charge is 2.27. The van der Waals surface area contributed by atoms with Crippen molar-refractivity contribution in [1.82, 2.24) is 25.0 Å². The lowest BCUT2D eigenvalue weighted by Crippen LogP contribution is -2.35. The van der Waals surface area contributed by atoms with Gasteiger partial charge in [0.25, 0.3) is 11.5 Å². The Balaban J connectivity index is 1.76. The quantitative estimate of drug-likeness (QED) is 0.770. The summed E-state index contributed by atoms with van der Waals surface area (Å²) < 4.78 is 1.52. The van der Waals surface area contributed by atoms with E-state index in [9.17, 15) is 9.59 Å². The normalized spacial score (nSPS) is 13.2. The van der Waals surface area contributed by atoms with E-state index in [0.29, 0.717) is 25.6 Å². The predicted molar refractivity (Wildman–Crippen MR) is 100.0 cm³/mol. The van der Waals surface area contributed by atoms with Crippen LogP contribution in [-0.4, -0.2) is 59.3 Å². The summed E-state index contributed by atoms with van der Waals surface area (Å²) in [6.07, 6.45) is 0.805. The van der Waals surface area contributed by atoms with E-state index in [1.54, 1.807) is 0 Å². The molecule has 1 N–H and O–H groups in total. The van der Waals surface area contributed by atoms with Crippen molar-refractivity contribution in [1.29, 1.82) is 0 Å². The van der Waals surface area contributed by atoms with Gasteiger partial charge < -0.3 is 15.1 Å². The maximum absolute atomic E-state index is 12.6. The van der Waals surface area contributed by atoms with Crippen molar-refractivity contribution in [2.24, 2.45) is 0 Å². The number of anilines is 2. The average Bonchev–Trinajstić information content (AvgIpc) is 3.04. The van der Waals surface area contributed by atoms with Crippen molar-refractivity contribution in [3.63, 3.8) is 0 Å². The van der Waals surface area contributed by atoms with Crippen LogP contribution in [-0.2, 0) is 6.54 Å². The van der Waals surface area contributed by atoms with Gasteiger partial charge in [-0.25, -0.2) is 0 Å². The Labute approximate surface area is 152 Å². The summed E-state index contributed by atoms with van der Waals surface area (Å²) in [6, 6.07) is 8.00. The zero-order chi connectivity index (χ0) is 18.7. The van der Waals surface area contributed by atoms with Crippen molar-refractivity contribution >= 4 is 17.5 Å². The van der Waals surface area contributed by atoms with Gasteiger partial charge in [-0.1, -0.05) is 17.7 Å². The van der Waals surface area contributed by atoms with Crippen molar-refractivity contribution < 1.29 is 4.79 Å². The SMILES string of the molecule is Cc1ccc(N2CCn3c2nnc(C(=O)NCCCN(C)C)c3=O)cc1. The molecule has 0 saturated carbocycles. The smallest absolute Gasteiger partial charge is 0.286 e. The third-order valence-electron chi connectivity index (χ3n) is 4.35. The number of rotatable bonds is 6. The standard InChI is InChI=1S/C18H24N6O2/c1-13-5-7-14(8-6-13)23-11-12-24-17(26)15(20-21-18(23)24)16(25)19-9-4-10-22(2)3/h5-8H,4,9-12H2,1-3H3,(H,19,25). The summed E-state index contributed by atoms with van der Waals surface area (Å²) in [5.41, 5.74) is 1.58. The first-order valence-electron chi connectivity index (χ1n) is 8.72. The van der Waals surface area contributed by atoms with E-state index in [-0.39, 0.29) is 5.69 Å². The monoisotopic (exact) mass is 356 g/mol. The van der Waals surface area contributed by atoms with Crippen LogP contribution in [0.4, 0.5) is 11.6 Å². The Morgan fingerprint density at radius 3 is 2.62 bits per heavy atom. The van der Waals surface area contributed by atoms with Crippen LogP contribution in [0, 0.1) is 6.92 Å². The van der Waals surface area contributed by atoms with E-state index < -0.39 is 11.5 Å². The van der Waals surface area contributed by atoms with Crippen LogP contribution < -0.4 is 15.8 Å². The number of nitrogens with zero attached hydrogens (tertiary/aromatic N) is 5. The van der Waals surface area contributed by atoms with E-state index in [4.69, 9.17) is 0 Å². The first kappa shape index (κ1) is 18.1. The summed E-state index contributed by atoms with van der Waals surface area (Å²) in [6.45, 7) is 4.49. The topological polar surface area (TPSA) is 83.4 Å². The van der Waals surface area contributed by atoms with Gasteiger partial charge in [0, 0.05) is 25.3 Å². The van der Waals surface area contributed by atoms with Gasteiger partial charge >= 0.3 is 0 Å². The van der Waals surface area contributed by atoms with Gasteiger partial charge in [-0.3, -0.25) is 14.2 Å². The number of aryl methyl sites for hydroxylation is 1. The fraction of sp³-hybridized carbons (Fsp3) is 0.444. The molecule has 0 saturated heterocycles. The fourth-order valence-corrected chi connectivity index (χ4v) is 2.90. The summed E-state index contributed by atoms with van der Waals surface area (Å²) in [4.78, 5) is 28.9. The first-order chi connectivity index (χ1) is 12.5. The zero-order valence-electron chi connectivity index (χ0n) is 15.4. The number of amides is 1. The zero-order valence-corrected chi connectivity index (χ0v) is 15.4. The summed E-state index contributed by atoms with van der Waals surface area (Å²) in [7, 11) is 3.94. The van der Waals surface area contributed by atoms with E-state index in [0.717, 1.165) is 24.2 Å². The molecule has 1 amide bonds. The number of carbonyl (C=O) groups excluding carboxylic acids is 1. The van der Waals surface area contributed by atoms with Gasteiger partial charge in [0.15, 0.2) is 0 Å². The minimum atomic E-state index is -0.467.